The molecule has 3 aromatic carbocycles. The summed E-state index contributed by atoms with van der Waals surface area (Å²) in [4.78, 5) is 29.7. The summed E-state index contributed by atoms with van der Waals surface area (Å²) in [5.41, 5.74) is 1.65. The lowest BCUT2D eigenvalue weighted by molar-refractivity contribution is 0.101. The fraction of sp³-hybridized carbons (Fsp3) is 0. The molecule has 1 aliphatic heterocycles. The molecule has 1 aromatic heterocycles. The highest BCUT2D eigenvalue weighted by molar-refractivity contribution is 7.91. The Bertz CT molecular complexity index is 1470. The third-order valence-corrected chi connectivity index (χ3v) is 6.94. The maximum absolute atomic E-state index is 13.1. The number of benzene rings is 3. The molecule has 0 radical (unpaired) electrons. The number of hydrogen-bond donors (Lipinski definition) is 1. The van der Waals surface area contributed by atoms with Gasteiger partial charge in [0.05, 0.1) is 21.0 Å². The Morgan fingerprint density at radius 2 is 1.63 bits per heavy atom. The van der Waals surface area contributed by atoms with E-state index in [-0.39, 0.29) is 32.3 Å². The van der Waals surface area contributed by atoms with Crippen molar-refractivity contribution in [2.75, 3.05) is 5.32 Å². The Hall–Kier alpha value is -3.84. The fourth-order valence-corrected chi connectivity index (χ4v) is 5.31. The van der Waals surface area contributed by atoms with Crippen LogP contribution < -0.4 is 5.32 Å². The van der Waals surface area contributed by atoms with Crippen LogP contribution >= 0.6 is 0 Å². The molecule has 30 heavy (non-hydrogen) atoms. The van der Waals surface area contributed by atoms with Gasteiger partial charge in [-0.25, -0.2) is 8.42 Å². The van der Waals surface area contributed by atoms with Crippen molar-refractivity contribution in [3.63, 3.8) is 0 Å². The molecule has 6 nitrogen and oxygen atoms in total. The molecule has 1 N–H and O–H groups in total. The second-order valence-electron chi connectivity index (χ2n) is 6.87. The van der Waals surface area contributed by atoms with Gasteiger partial charge in [-0.3, -0.25) is 14.6 Å². The minimum Gasteiger partial charge on any atom is -0.321 e. The minimum absolute atomic E-state index is 0.0415. The second kappa shape index (κ2) is 6.60. The summed E-state index contributed by atoms with van der Waals surface area (Å²) >= 11 is 0. The molecule has 0 bridgehead atoms. The van der Waals surface area contributed by atoms with Crippen LogP contribution in [0, 0.1) is 0 Å². The Labute approximate surface area is 172 Å². The van der Waals surface area contributed by atoms with Gasteiger partial charge in [0.25, 0.3) is 5.91 Å². The topological polar surface area (TPSA) is 93.2 Å². The predicted molar refractivity (Wildman–Crippen MR) is 111 cm³/mol. The number of carbonyl (C=O) groups is 2. The van der Waals surface area contributed by atoms with Crippen LogP contribution in [0.15, 0.2) is 88.8 Å². The zero-order valence-corrected chi connectivity index (χ0v) is 16.3. The normalized spacial score (nSPS) is 14.1. The molecule has 0 saturated carbocycles. The van der Waals surface area contributed by atoms with E-state index < -0.39 is 15.7 Å². The first-order chi connectivity index (χ1) is 14.5. The zero-order valence-electron chi connectivity index (χ0n) is 15.5. The first kappa shape index (κ1) is 18.2. The van der Waals surface area contributed by atoms with Gasteiger partial charge in [-0.1, -0.05) is 18.2 Å². The van der Waals surface area contributed by atoms with Crippen molar-refractivity contribution in [3.8, 4) is 0 Å². The smallest absolute Gasteiger partial charge is 0.255 e. The first-order valence-corrected chi connectivity index (χ1v) is 10.6. The van der Waals surface area contributed by atoms with E-state index >= 15 is 0 Å². The molecule has 0 aliphatic carbocycles. The molecule has 5 rings (SSSR count). The van der Waals surface area contributed by atoms with Crippen molar-refractivity contribution in [3.05, 3.63) is 95.7 Å². The molecule has 0 saturated heterocycles. The van der Waals surface area contributed by atoms with Crippen LogP contribution in [0.3, 0.4) is 0 Å². The van der Waals surface area contributed by atoms with Crippen LogP contribution in [0.5, 0.6) is 0 Å². The number of hydrogen-bond acceptors (Lipinski definition) is 5. The standard InChI is InChI=1S/C23H14N2O4S/c26-22-16-5-1-2-9-20(16)30(28,29)21-13-14(10-11-17(21)22)23(27)25-19-8-3-7-18-15(19)6-4-12-24-18/h1-13H,(H,25,27). The maximum Gasteiger partial charge on any atom is 0.255 e. The third kappa shape index (κ3) is 2.71. The summed E-state index contributed by atoms with van der Waals surface area (Å²) in [5.74, 6) is -0.849. The molecule has 1 aliphatic rings. The third-order valence-electron chi connectivity index (χ3n) is 5.09. The summed E-state index contributed by atoms with van der Waals surface area (Å²) in [5, 5.41) is 3.57. The van der Waals surface area contributed by atoms with Gasteiger partial charge >= 0.3 is 0 Å². The highest BCUT2D eigenvalue weighted by Crippen LogP contribution is 2.35. The van der Waals surface area contributed by atoms with Crippen molar-refractivity contribution in [1.29, 1.82) is 0 Å². The number of pyridine rings is 1. The van der Waals surface area contributed by atoms with Crippen molar-refractivity contribution >= 4 is 38.1 Å². The highest BCUT2D eigenvalue weighted by Gasteiger charge is 2.35. The van der Waals surface area contributed by atoms with E-state index in [4.69, 9.17) is 0 Å². The first-order valence-electron chi connectivity index (χ1n) is 9.15. The lowest BCUT2D eigenvalue weighted by Crippen LogP contribution is -2.21. The summed E-state index contributed by atoms with van der Waals surface area (Å²) in [6.45, 7) is 0. The fourth-order valence-electron chi connectivity index (χ4n) is 3.63. The van der Waals surface area contributed by atoms with Crippen LogP contribution in [-0.2, 0) is 9.84 Å². The lowest BCUT2D eigenvalue weighted by Gasteiger charge is -2.19. The van der Waals surface area contributed by atoms with Crippen molar-refractivity contribution in [2.45, 2.75) is 9.79 Å². The van der Waals surface area contributed by atoms with Gasteiger partial charge in [0.1, 0.15) is 0 Å². The molecule has 2 heterocycles. The number of nitrogens with one attached hydrogen (secondary N) is 1. The van der Waals surface area contributed by atoms with E-state index in [0.717, 1.165) is 10.9 Å². The van der Waals surface area contributed by atoms with Gasteiger partial charge in [0.15, 0.2) is 5.78 Å². The lowest BCUT2D eigenvalue weighted by atomic mass is 10.0. The van der Waals surface area contributed by atoms with E-state index in [1.807, 2.05) is 12.1 Å². The van der Waals surface area contributed by atoms with Crippen LogP contribution in [-0.4, -0.2) is 25.1 Å². The van der Waals surface area contributed by atoms with Gasteiger partial charge in [-0.2, -0.15) is 0 Å². The van der Waals surface area contributed by atoms with E-state index in [1.54, 1.807) is 36.5 Å². The van der Waals surface area contributed by atoms with Gasteiger partial charge in [-0.15, -0.1) is 0 Å². The summed E-state index contributed by atoms with van der Waals surface area (Å²) in [7, 11) is -3.91. The number of nitrogens with zero attached hydrogens (tertiary/aromatic N) is 1. The number of ketones is 1. The van der Waals surface area contributed by atoms with Crippen LogP contribution in [0.25, 0.3) is 10.9 Å². The van der Waals surface area contributed by atoms with Crippen molar-refractivity contribution in [2.24, 2.45) is 0 Å². The monoisotopic (exact) mass is 414 g/mol. The summed E-state index contributed by atoms with van der Waals surface area (Å²) < 4.78 is 26.1. The molecule has 146 valence electrons. The van der Waals surface area contributed by atoms with Gasteiger partial charge in [0, 0.05) is 28.3 Å². The van der Waals surface area contributed by atoms with E-state index in [1.165, 1.54) is 30.3 Å². The van der Waals surface area contributed by atoms with Crippen molar-refractivity contribution < 1.29 is 18.0 Å². The van der Waals surface area contributed by atoms with Crippen LogP contribution in [0.4, 0.5) is 5.69 Å². The Kier molecular flexibility index (Phi) is 4.01. The molecule has 0 spiro atoms. The number of sulfone groups is 1. The van der Waals surface area contributed by atoms with Gasteiger partial charge < -0.3 is 5.32 Å². The Morgan fingerprint density at radius 1 is 0.833 bits per heavy atom. The van der Waals surface area contributed by atoms with Crippen LogP contribution in [0.1, 0.15) is 26.3 Å². The summed E-state index contributed by atoms with van der Waals surface area (Å²) in [6, 6.07) is 19.2. The van der Waals surface area contributed by atoms with E-state index in [2.05, 4.69) is 10.3 Å². The quantitative estimate of drug-likeness (QED) is 0.473. The molecular weight excluding hydrogens is 400 g/mol. The largest absolute Gasteiger partial charge is 0.321 e. The Balaban J connectivity index is 1.57. The minimum atomic E-state index is -3.91. The number of carbonyl (C=O) groups excluding carboxylic acids is 2. The van der Waals surface area contributed by atoms with Gasteiger partial charge in [-0.05, 0) is 54.6 Å². The molecule has 7 heteroatoms. The number of fused-ring (bicyclic) bond motifs is 3. The number of anilines is 1. The number of aromatic nitrogens is 1. The second-order valence-corrected chi connectivity index (χ2v) is 8.76. The van der Waals surface area contributed by atoms with Gasteiger partial charge in [0.2, 0.25) is 9.84 Å². The van der Waals surface area contributed by atoms with Crippen LogP contribution in [0.2, 0.25) is 0 Å². The SMILES string of the molecule is O=C(Nc1cccc2ncccc12)c1ccc2c(c1)S(=O)(=O)c1ccccc1C2=O. The predicted octanol–water partition coefficient (Wildman–Crippen LogP) is 3.86. The zero-order chi connectivity index (χ0) is 20.9. The van der Waals surface area contributed by atoms with E-state index in [0.29, 0.717) is 5.69 Å². The molecule has 0 atom stereocenters. The molecule has 4 aromatic rings. The average Bonchev–Trinajstić information content (AvgIpc) is 2.78. The molecule has 0 unspecified atom stereocenters. The Morgan fingerprint density at radius 3 is 2.50 bits per heavy atom. The summed E-state index contributed by atoms with van der Waals surface area (Å²) in [6.07, 6.45) is 1.66. The number of amides is 1. The number of rotatable bonds is 2. The molecule has 1 amide bonds. The molecular formula is C23H14N2O4S. The van der Waals surface area contributed by atoms with Crippen molar-refractivity contribution in [1.82, 2.24) is 4.98 Å². The van der Waals surface area contributed by atoms with E-state index in [9.17, 15) is 18.0 Å². The molecule has 0 fully saturated rings. The maximum atomic E-state index is 13.1. The highest BCUT2D eigenvalue weighted by atomic mass is 32.2. The average molecular weight is 414 g/mol.